The minimum absolute atomic E-state index is 0.0369. The summed E-state index contributed by atoms with van der Waals surface area (Å²) in [4.78, 5) is 15.8. The van der Waals surface area contributed by atoms with E-state index in [9.17, 15) is 4.79 Å². The average Bonchev–Trinajstić information content (AvgIpc) is 3.27. The summed E-state index contributed by atoms with van der Waals surface area (Å²) in [5.41, 5.74) is 6.85. The standard InChI is InChI=1S/C17H18N6O3/c1-2-22-12(5-6-19-22)17-20-16(10-15(18)24)21-23(17)11-3-4-13-14(9-11)26-8-7-25-13/h3-6,9H,2,7-8,10H2,1H3,(H2,18,24). The van der Waals surface area contributed by atoms with Crippen molar-refractivity contribution in [1.29, 1.82) is 0 Å². The Morgan fingerprint density at radius 2 is 2.04 bits per heavy atom. The molecule has 0 saturated carbocycles. The highest BCUT2D eigenvalue weighted by molar-refractivity contribution is 5.75. The molecule has 1 aromatic carbocycles. The van der Waals surface area contributed by atoms with Crippen molar-refractivity contribution < 1.29 is 14.3 Å². The molecule has 1 aliphatic rings. The van der Waals surface area contributed by atoms with Gasteiger partial charge in [-0.2, -0.15) is 10.2 Å². The highest BCUT2D eigenvalue weighted by Crippen LogP contribution is 2.33. The number of carbonyl (C=O) groups is 1. The molecule has 26 heavy (non-hydrogen) atoms. The summed E-state index contributed by atoms with van der Waals surface area (Å²) in [5, 5.41) is 8.75. The molecule has 0 bridgehead atoms. The van der Waals surface area contributed by atoms with Gasteiger partial charge in [-0.25, -0.2) is 9.67 Å². The number of hydrogen-bond donors (Lipinski definition) is 1. The summed E-state index contributed by atoms with van der Waals surface area (Å²) < 4.78 is 14.7. The smallest absolute Gasteiger partial charge is 0.225 e. The van der Waals surface area contributed by atoms with Crippen LogP contribution in [0.25, 0.3) is 17.2 Å². The molecule has 1 amide bonds. The lowest BCUT2D eigenvalue weighted by molar-refractivity contribution is -0.117. The fraction of sp³-hybridized carbons (Fsp3) is 0.294. The molecule has 2 N–H and O–H groups in total. The van der Waals surface area contributed by atoms with Gasteiger partial charge in [0.15, 0.2) is 23.1 Å². The number of amides is 1. The monoisotopic (exact) mass is 354 g/mol. The molecular formula is C17H18N6O3. The second-order valence-corrected chi connectivity index (χ2v) is 5.77. The molecule has 0 aliphatic carbocycles. The van der Waals surface area contributed by atoms with Gasteiger partial charge in [0, 0.05) is 18.8 Å². The quantitative estimate of drug-likeness (QED) is 0.730. The Bertz CT molecular complexity index is 961. The second-order valence-electron chi connectivity index (χ2n) is 5.77. The van der Waals surface area contributed by atoms with Gasteiger partial charge in [-0.1, -0.05) is 0 Å². The Morgan fingerprint density at radius 1 is 1.23 bits per heavy atom. The van der Waals surface area contributed by atoms with Crippen molar-refractivity contribution in [3.8, 4) is 28.7 Å². The highest BCUT2D eigenvalue weighted by Gasteiger charge is 2.20. The average molecular weight is 354 g/mol. The molecule has 0 unspecified atom stereocenters. The Morgan fingerprint density at radius 3 is 2.81 bits per heavy atom. The molecule has 0 saturated heterocycles. The first-order valence-corrected chi connectivity index (χ1v) is 8.32. The Kier molecular flexibility index (Phi) is 4.04. The van der Waals surface area contributed by atoms with Crippen LogP contribution in [0.4, 0.5) is 0 Å². The number of carbonyl (C=O) groups excluding carboxylic acids is 1. The van der Waals surface area contributed by atoms with Gasteiger partial charge in [0.05, 0.1) is 12.1 Å². The molecule has 1 aliphatic heterocycles. The van der Waals surface area contributed by atoms with Crippen LogP contribution in [0, 0.1) is 0 Å². The number of benzene rings is 1. The van der Waals surface area contributed by atoms with Crippen LogP contribution in [-0.2, 0) is 17.8 Å². The van der Waals surface area contributed by atoms with E-state index in [1.807, 2.05) is 35.9 Å². The molecule has 2 aromatic heterocycles. The van der Waals surface area contributed by atoms with Gasteiger partial charge in [-0.3, -0.25) is 9.48 Å². The maximum atomic E-state index is 11.3. The molecule has 134 valence electrons. The van der Waals surface area contributed by atoms with E-state index >= 15 is 0 Å². The van der Waals surface area contributed by atoms with E-state index in [4.69, 9.17) is 15.2 Å². The highest BCUT2D eigenvalue weighted by atomic mass is 16.6. The molecule has 0 spiro atoms. The first-order valence-electron chi connectivity index (χ1n) is 8.32. The summed E-state index contributed by atoms with van der Waals surface area (Å²) in [6.07, 6.45) is 1.67. The van der Waals surface area contributed by atoms with Crippen molar-refractivity contribution >= 4 is 5.91 Å². The number of aryl methyl sites for hydroxylation is 1. The Balaban J connectivity index is 1.84. The maximum absolute atomic E-state index is 11.3. The van der Waals surface area contributed by atoms with Crippen LogP contribution in [-0.4, -0.2) is 43.7 Å². The third-order valence-corrected chi connectivity index (χ3v) is 4.00. The van der Waals surface area contributed by atoms with Gasteiger partial charge in [0.2, 0.25) is 5.91 Å². The molecule has 3 heterocycles. The zero-order valence-electron chi connectivity index (χ0n) is 14.3. The van der Waals surface area contributed by atoms with Crippen molar-refractivity contribution in [2.75, 3.05) is 13.2 Å². The van der Waals surface area contributed by atoms with Crippen LogP contribution >= 0.6 is 0 Å². The predicted octanol–water partition coefficient (Wildman–Crippen LogP) is 0.950. The summed E-state index contributed by atoms with van der Waals surface area (Å²) in [6, 6.07) is 7.40. The molecule has 9 heteroatoms. The first-order chi connectivity index (χ1) is 12.7. The van der Waals surface area contributed by atoms with Crippen LogP contribution in [0.5, 0.6) is 11.5 Å². The number of hydrogen-bond acceptors (Lipinski definition) is 6. The summed E-state index contributed by atoms with van der Waals surface area (Å²) >= 11 is 0. The number of nitrogens with zero attached hydrogens (tertiary/aromatic N) is 5. The number of aromatic nitrogens is 5. The normalized spacial score (nSPS) is 13.0. The van der Waals surface area contributed by atoms with E-state index < -0.39 is 5.91 Å². The summed E-state index contributed by atoms with van der Waals surface area (Å²) in [7, 11) is 0. The molecule has 4 rings (SSSR count). The number of nitrogens with two attached hydrogens (primary N) is 1. The third kappa shape index (κ3) is 2.87. The van der Waals surface area contributed by atoms with Gasteiger partial charge in [0.25, 0.3) is 0 Å². The third-order valence-electron chi connectivity index (χ3n) is 4.00. The van der Waals surface area contributed by atoms with E-state index in [1.165, 1.54) is 0 Å². The molecule has 0 radical (unpaired) electrons. The Hall–Kier alpha value is -3.36. The lowest BCUT2D eigenvalue weighted by atomic mass is 10.2. The molecule has 9 nitrogen and oxygen atoms in total. The molecular weight excluding hydrogens is 336 g/mol. The lowest BCUT2D eigenvalue weighted by Crippen LogP contribution is -2.16. The van der Waals surface area contributed by atoms with E-state index in [0.717, 1.165) is 11.4 Å². The molecule has 0 fully saturated rings. The van der Waals surface area contributed by atoms with Gasteiger partial charge < -0.3 is 15.2 Å². The van der Waals surface area contributed by atoms with Crippen LogP contribution in [0.15, 0.2) is 30.5 Å². The fourth-order valence-electron chi connectivity index (χ4n) is 2.87. The Labute approximate surface area is 149 Å². The number of rotatable bonds is 5. The van der Waals surface area contributed by atoms with E-state index in [1.54, 1.807) is 10.9 Å². The van der Waals surface area contributed by atoms with Crippen molar-refractivity contribution in [1.82, 2.24) is 24.5 Å². The van der Waals surface area contributed by atoms with E-state index in [0.29, 0.717) is 42.9 Å². The van der Waals surface area contributed by atoms with Gasteiger partial charge >= 0.3 is 0 Å². The maximum Gasteiger partial charge on any atom is 0.225 e. The SMILES string of the molecule is CCn1nccc1-c1nc(CC(N)=O)nn1-c1ccc2c(c1)OCCO2. The van der Waals surface area contributed by atoms with E-state index in [-0.39, 0.29) is 6.42 Å². The van der Waals surface area contributed by atoms with E-state index in [2.05, 4.69) is 15.2 Å². The van der Waals surface area contributed by atoms with Crippen LogP contribution in [0.2, 0.25) is 0 Å². The van der Waals surface area contributed by atoms with Crippen molar-refractivity contribution in [2.45, 2.75) is 19.9 Å². The minimum Gasteiger partial charge on any atom is -0.486 e. The topological polar surface area (TPSA) is 110 Å². The summed E-state index contributed by atoms with van der Waals surface area (Å²) in [5.74, 6) is 1.79. The fourth-order valence-corrected chi connectivity index (χ4v) is 2.87. The van der Waals surface area contributed by atoms with Crippen LogP contribution in [0.1, 0.15) is 12.7 Å². The van der Waals surface area contributed by atoms with Gasteiger partial charge in [0.1, 0.15) is 18.9 Å². The van der Waals surface area contributed by atoms with Crippen LogP contribution < -0.4 is 15.2 Å². The number of ether oxygens (including phenoxy) is 2. The predicted molar refractivity (Wildman–Crippen MR) is 92.1 cm³/mol. The van der Waals surface area contributed by atoms with Crippen molar-refractivity contribution in [2.24, 2.45) is 5.73 Å². The largest absolute Gasteiger partial charge is 0.486 e. The minimum atomic E-state index is -0.486. The van der Waals surface area contributed by atoms with Gasteiger partial charge in [-0.15, -0.1) is 0 Å². The van der Waals surface area contributed by atoms with Crippen LogP contribution in [0.3, 0.4) is 0 Å². The van der Waals surface area contributed by atoms with Gasteiger partial charge in [-0.05, 0) is 25.1 Å². The zero-order valence-corrected chi connectivity index (χ0v) is 14.3. The molecule has 3 aromatic rings. The summed E-state index contributed by atoms with van der Waals surface area (Å²) in [6.45, 7) is 3.70. The number of primary amides is 1. The van der Waals surface area contributed by atoms with Crippen molar-refractivity contribution in [3.63, 3.8) is 0 Å². The first kappa shape index (κ1) is 16.1. The number of fused-ring (bicyclic) bond motifs is 1. The zero-order chi connectivity index (χ0) is 18.1. The molecule has 0 atom stereocenters. The van der Waals surface area contributed by atoms with Crippen molar-refractivity contribution in [3.05, 3.63) is 36.3 Å². The second kappa shape index (κ2) is 6.51. The lowest BCUT2D eigenvalue weighted by Gasteiger charge is -2.19.